The molecule has 0 aromatic carbocycles. The van der Waals surface area contributed by atoms with E-state index in [1.807, 2.05) is 6.07 Å². The molecule has 18 heavy (non-hydrogen) atoms. The predicted octanol–water partition coefficient (Wildman–Crippen LogP) is 2.53. The molecule has 2 heterocycles. The Labute approximate surface area is 112 Å². The van der Waals surface area contributed by atoms with Gasteiger partial charge in [-0.15, -0.1) is 0 Å². The molecule has 0 spiro atoms. The molecule has 1 aromatic heterocycles. The molecule has 0 saturated carbocycles. The molecule has 7 heteroatoms. The highest BCUT2D eigenvalue weighted by molar-refractivity contribution is 9.10. The van der Waals surface area contributed by atoms with E-state index in [9.17, 15) is 13.2 Å². The summed E-state index contributed by atoms with van der Waals surface area (Å²) in [5, 5.41) is 0. The van der Waals surface area contributed by atoms with Crippen LogP contribution in [0.4, 0.5) is 18.9 Å². The Morgan fingerprint density at radius 3 is 2.44 bits per heavy atom. The zero-order chi connectivity index (χ0) is 13.2. The van der Waals surface area contributed by atoms with E-state index >= 15 is 0 Å². The molecule has 0 unspecified atom stereocenters. The van der Waals surface area contributed by atoms with E-state index in [1.165, 1.54) is 4.90 Å². The first-order chi connectivity index (χ1) is 8.46. The van der Waals surface area contributed by atoms with Crippen LogP contribution >= 0.6 is 15.9 Å². The van der Waals surface area contributed by atoms with Gasteiger partial charge in [-0.05, 0) is 22.0 Å². The average molecular weight is 324 g/mol. The maximum atomic E-state index is 12.3. The topological polar surface area (TPSA) is 19.4 Å². The molecule has 2 rings (SSSR count). The van der Waals surface area contributed by atoms with Crippen LogP contribution in [0.3, 0.4) is 0 Å². The van der Waals surface area contributed by atoms with E-state index in [2.05, 4.69) is 25.8 Å². The second-order valence-electron chi connectivity index (χ2n) is 4.21. The Morgan fingerprint density at radius 2 is 1.89 bits per heavy atom. The van der Waals surface area contributed by atoms with Crippen LogP contribution in [0.25, 0.3) is 0 Å². The van der Waals surface area contributed by atoms with Crippen molar-refractivity contribution in [3.05, 3.63) is 22.9 Å². The lowest BCUT2D eigenvalue weighted by atomic mass is 10.2. The minimum Gasteiger partial charge on any atom is -0.368 e. The van der Waals surface area contributed by atoms with Crippen molar-refractivity contribution in [1.82, 2.24) is 9.88 Å². The van der Waals surface area contributed by atoms with Crippen molar-refractivity contribution in [2.24, 2.45) is 0 Å². The van der Waals surface area contributed by atoms with Gasteiger partial charge in [-0.3, -0.25) is 9.88 Å². The number of hydrogen-bond donors (Lipinski definition) is 0. The molecule has 0 atom stereocenters. The lowest BCUT2D eigenvalue weighted by Crippen LogP contribution is -2.49. The van der Waals surface area contributed by atoms with Gasteiger partial charge in [0, 0.05) is 38.6 Å². The molecule has 3 nitrogen and oxygen atoms in total. The Balaban J connectivity index is 1.93. The molecule has 0 radical (unpaired) electrons. The van der Waals surface area contributed by atoms with E-state index < -0.39 is 12.7 Å². The van der Waals surface area contributed by atoms with E-state index in [1.54, 1.807) is 12.4 Å². The minimum absolute atomic E-state index is 0.425. The first kappa shape index (κ1) is 13.6. The number of hydrogen-bond acceptors (Lipinski definition) is 3. The molecule has 1 aliphatic rings. The highest BCUT2D eigenvalue weighted by atomic mass is 79.9. The van der Waals surface area contributed by atoms with Gasteiger partial charge in [0.25, 0.3) is 0 Å². The summed E-state index contributed by atoms with van der Waals surface area (Å²) in [6, 6.07) is 1.86. The summed E-state index contributed by atoms with van der Waals surface area (Å²) in [4.78, 5) is 7.47. The van der Waals surface area contributed by atoms with Gasteiger partial charge in [-0.1, -0.05) is 0 Å². The zero-order valence-corrected chi connectivity index (χ0v) is 11.2. The smallest absolute Gasteiger partial charge is 0.368 e. The number of rotatable bonds is 2. The van der Waals surface area contributed by atoms with Crippen LogP contribution in [-0.4, -0.2) is 48.8 Å². The summed E-state index contributed by atoms with van der Waals surface area (Å²) in [5.74, 6) is 0. The molecule has 1 aliphatic heterocycles. The molecule has 100 valence electrons. The molecule has 1 fully saturated rings. The van der Waals surface area contributed by atoms with Gasteiger partial charge in [0.1, 0.15) is 0 Å². The van der Waals surface area contributed by atoms with Crippen molar-refractivity contribution >= 4 is 21.6 Å². The SMILES string of the molecule is FC(F)(F)CN1CCN(c2ccncc2Br)CC1. The Hall–Kier alpha value is -0.820. The molecule has 1 aromatic rings. The van der Waals surface area contributed by atoms with Gasteiger partial charge in [0.15, 0.2) is 0 Å². The van der Waals surface area contributed by atoms with Crippen LogP contribution in [0.15, 0.2) is 22.9 Å². The molecule has 0 bridgehead atoms. The van der Waals surface area contributed by atoms with Crippen LogP contribution in [0.1, 0.15) is 0 Å². The number of piperazine rings is 1. The summed E-state index contributed by atoms with van der Waals surface area (Å²) >= 11 is 3.40. The number of nitrogens with zero attached hydrogens (tertiary/aromatic N) is 3. The summed E-state index contributed by atoms with van der Waals surface area (Å²) < 4.78 is 37.6. The van der Waals surface area contributed by atoms with E-state index in [0.717, 1.165) is 10.2 Å². The fourth-order valence-electron chi connectivity index (χ4n) is 2.02. The van der Waals surface area contributed by atoms with Crippen molar-refractivity contribution in [1.29, 1.82) is 0 Å². The maximum absolute atomic E-state index is 12.3. The molecular formula is C11H13BrF3N3. The summed E-state index contributed by atoms with van der Waals surface area (Å²) in [6.07, 6.45) is -0.737. The summed E-state index contributed by atoms with van der Waals surface area (Å²) in [5.41, 5.74) is 0.983. The second kappa shape index (κ2) is 5.44. The van der Waals surface area contributed by atoms with Crippen LogP contribution < -0.4 is 4.90 Å². The first-order valence-corrected chi connectivity index (χ1v) is 6.38. The Morgan fingerprint density at radius 1 is 1.22 bits per heavy atom. The highest BCUT2D eigenvalue weighted by Gasteiger charge is 2.32. The van der Waals surface area contributed by atoms with Crippen LogP contribution in [0, 0.1) is 0 Å². The standard InChI is InChI=1S/C11H13BrF3N3/c12-9-7-16-2-1-10(9)18-5-3-17(4-6-18)8-11(13,14)15/h1-2,7H,3-6,8H2. The Kier molecular flexibility index (Phi) is 4.11. The number of pyridine rings is 1. The molecule has 0 amide bonds. The largest absolute Gasteiger partial charge is 0.401 e. The number of alkyl halides is 3. The van der Waals surface area contributed by atoms with Crippen molar-refractivity contribution in [2.75, 3.05) is 37.6 Å². The van der Waals surface area contributed by atoms with Crippen LogP contribution in [0.5, 0.6) is 0 Å². The lowest BCUT2D eigenvalue weighted by molar-refractivity contribution is -0.146. The van der Waals surface area contributed by atoms with Gasteiger partial charge >= 0.3 is 6.18 Å². The zero-order valence-electron chi connectivity index (χ0n) is 9.62. The van der Waals surface area contributed by atoms with E-state index in [-0.39, 0.29) is 0 Å². The fourth-order valence-corrected chi connectivity index (χ4v) is 2.53. The van der Waals surface area contributed by atoms with Crippen molar-refractivity contribution in [2.45, 2.75) is 6.18 Å². The third-order valence-corrected chi connectivity index (χ3v) is 3.48. The first-order valence-electron chi connectivity index (χ1n) is 5.59. The molecular weight excluding hydrogens is 311 g/mol. The fraction of sp³-hybridized carbons (Fsp3) is 0.545. The minimum atomic E-state index is -4.11. The van der Waals surface area contributed by atoms with Crippen LogP contribution in [0.2, 0.25) is 0 Å². The third-order valence-electron chi connectivity index (χ3n) is 2.87. The highest BCUT2D eigenvalue weighted by Crippen LogP contribution is 2.26. The number of anilines is 1. The number of aromatic nitrogens is 1. The van der Waals surface area contributed by atoms with E-state index in [0.29, 0.717) is 26.2 Å². The number of halogens is 4. The molecule has 0 N–H and O–H groups in total. The van der Waals surface area contributed by atoms with Crippen molar-refractivity contribution in [3.63, 3.8) is 0 Å². The van der Waals surface area contributed by atoms with Crippen molar-refractivity contribution in [3.8, 4) is 0 Å². The summed E-state index contributed by atoms with van der Waals surface area (Å²) in [6.45, 7) is 1.22. The van der Waals surface area contributed by atoms with Gasteiger partial charge in [0.05, 0.1) is 16.7 Å². The van der Waals surface area contributed by atoms with Gasteiger partial charge < -0.3 is 4.90 Å². The lowest BCUT2D eigenvalue weighted by Gasteiger charge is -2.36. The Bertz CT molecular complexity index is 403. The predicted molar refractivity (Wildman–Crippen MR) is 66.6 cm³/mol. The van der Waals surface area contributed by atoms with Gasteiger partial charge in [-0.2, -0.15) is 13.2 Å². The molecule has 1 saturated heterocycles. The van der Waals surface area contributed by atoms with Gasteiger partial charge in [-0.25, -0.2) is 0 Å². The third kappa shape index (κ3) is 3.58. The van der Waals surface area contributed by atoms with Crippen molar-refractivity contribution < 1.29 is 13.2 Å². The van der Waals surface area contributed by atoms with Crippen LogP contribution in [-0.2, 0) is 0 Å². The summed E-state index contributed by atoms with van der Waals surface area (Å²) in [7, 11) is 0. The normalized spacial score (nSPS) is 18.1. The second-order valence-corrected chi connectivity index (χ2v) is 5.06. The van der Waals surface area contributed by atoms with Gasteiger partial charge in [0.2, 0.25) is 0 Å². The molecule has 0 aliphatic carbocycles. The van der Waals surface area contributed by atoms with E-state index in [4.69, 9.17) is 0 Å². The average Bonchev–Trinajstić information content (AvgIpc) is 2.29. The maximum Gasteiger partial charge on any atom is 0.401 e. The quantitative estimate of drug-likeness (QED) is 0.833. The monoisotopic (exact) mass is 323 g/mol.